The van der Waals surface area contributed by atoms with Gasteiger partial charge in [-0.05, 0) is 72.8 Å². The van der Waals surface area contributed by atoms with Crippen molar-refractivity contribution in [3.8, 4) is 0 Å². The average Bonchev–Trinajstić information content (AvgIpc) is 3.58. The van der Waals surface area contributed by atoms with Crippen LogP contribution >= 0.6 is 0 Å². The molecule has 5 rings (SSSR count). The maximum atomic E-state index is 13.7. The molecule has 0 spiro atoms. The lowest BCUT2D eigenvalue weighted by molar-refractivity contribution is -0.140. The molecule has 2 aliphatic carbocycles. The van der Waals surface area contributed by atoms with E-state index in [4.69, 9.17) is 0 Å². The number of piperidine rings is 1. The number of amides is 1. The number of carbonyl (C=O) groups excluding carboxylic acids is 1. The normalized spacial score (nSPS) is 21.9. The Labute approximate surface area is 204 Å². The fraction of sp³-hybridized carbons (Fsp3) is 0.536. The number of fused-ring (bicyclic) bond motifs is 1. The lowest BCUT2D eigenvalue weighted by Gasteiger charge is -2.36. The van der Waals surface area contributed by atoms with Crippen molar-refractivity contribution in [2.24, 2.45) is 5.92 Å². The maximum absolute atomic E-state index is 13.7. The number of hydrogen-bond donors (Lipinski definition) is 0. The second kappa shape index (κ2) is 8.80. The minimum absolute atomic E-state index is 0.0196. The third-order valence-corrected chi connectivity index (χ3v) is 9.71. The van der Waals surface area contributed by atoms with E-state index in [0.717, 1.165) is 31.2 Å². The van der Waals surface area contributed by atoms with E-state index in [1.165, 1.54) is 11.1 Å². The summed E-state index contributed by atoms with van der Waals surface area (Å²) in [5, 5.41) is 0. The Morgan fingerprint density at radius 3 is 2.18 bits per heavy atom. The Morgan fingerprint density at radius 2 is 1.56 bits per heavy atom. The first kappa shape index (κ1) is 23.6. The molecular weight excluding hydrogens is 444 g/mol. The second-order valence-electron chi connectivity index (χ2n) is 11.2. The number of sulfonamides is 1. The smallest absolute Gasteiger partial charge is 0.243 e. The van der Waals surface area contributed by atoms with Crippen LogP contribution in [0.2, 0.25) is 0 Å². The van der Waals surface area contributed by atoms with Crippen LogP contribution in [0.15, 0.2) is 53.4 Å². The molecule has 2 aromatic carbocycles. The highest BCUT2D eigenvalue weighted by Gasteiger charge is 2.43. The van der Waals surface area contributed by atoms with Gasteiger partial charge in [-0.25, -0.2) is 8.42 Å². The van der Waals surface area contributed by atoms with Crippen LogP contribution in [0.1, 0.15) is 75.6 Å². The van der Waals surface area contributed by atoms with Crippen LogP contribution < -0.4 is 0 Å². The molecule has 1 atom stereocenters. The van der Waals surface area contributed by atoms with Gasteiger partial charge in [0.2, 0.25) is 15.9 Å². The predicted octanol–water partition coefficient (Wildman–Crippen LogP) is 5.06. The molecule has 2 fully saturated rings. The van der Waals surface area contributed by atoms with Crippen LogP contribution in [0.4, 0.5) is 0 Å². The molecule has 34 heavy (non-hydrogen) atoms. The van der Waals surface area contributed by atoms with Gasteiger partial charge in [0, 0.05) is 25.0 Å². The maximum Gasteiger partial charge on any atom is 0.243 e. The molecular formula is C28H36N2O3S. The largest absolute Gasteiger partial charge is 0.332 e. The van der Waals surface area contributed by atoms with Crippen LogP contribution in [0.5, 0.6) is 0 Å². The number of carbonyl (C=O) groups is 1. The van der Waals surface area contributed by atoms with Crippen LogP contribution in [0.3, 0.4) is 0 Å². The summed E-state index contributed by atoms with van der Waals surface area (Å²) in [4.78, 5) is 16.2. The molecule has 182 valence electrons. The van der Waals surface area contributed by atoms with E-state index < -0.39 is 10.0 Å². The zero-order valence-corrected chi connectivity index (χ0v) is 21.4. The lowest BCUT2D eigenvalue weighted by Crippen LogP contribution is -2.46. The first-order chi connectivity index (χ1) is 16.2. The summed E-state index contributed by atoms with van der Waals surface area (Å²) in [5.74, 6) is 0.138. The fourth-order valence-electron chi connectivity index (χ4n) is 5.59. The minimum atomic E-state index is -3.54. The molecule has 1 heterocycles. The molecule has 2 aromatic rings. The van der Waals surface area contributed by atoms with Crippen LogP contribution in [0.25, 0.3) is 0 Å². The van der Waals surface area contributed by atoms with Crippen LogP contribution in [0, 0.1) is 5.92 Å². The van der Waals surface area contributed by atoms with E-state index in [1.54, 1.807) is 16.4 Å². The molecule has 1 saturated carbocycles. The first-order valence-corrected chi connectivity index (χ1v) is 14.1. The predicted molar refractivity (Wildman–Crippen MR) is 134 cm³/mol. The molecule has 0 N–H and O–H groups in total. The van der Waals surface area contributed by atoms with E-state index in [1.807, 2.05) is 12.1 Å². The van der Waals surface area contributed by atoms with Crippen molar-refractivity contribution in [3.05, 3.63) is 65.2 Å². The van der Waals surface area contributed by atoms with E-state index in [-0.39, 0.29) is 23.3 Å². The van der Waals surface area contributed by atoms with E-state index in [0.29, 0.717) is 36.9 Å². The Morgan fingerprint density at radius 1 is 0.912 bits per heavy atom. The summed E-state index contributed by atoms with van der Waals surface area (Å²) in [6.07, 6.45) is 5.39. The van der Waals surface area contributed by atoms with Gasteiger partial charge in [0.15, 0.2) is 0 Å². The molecule has 1 amide bonds. The molecule has 0 radical (unpaired) electrons. The summed E-state index contributed by atoms with van der Waals surface area (Å²) < 4.78 is 28.1. The molecule has 1 unspecified atom stereocenters. The van der Waals surface area contributed by atoms with Gasteiger partial charge < -0.3 is 4.90 Å². The van der Waals surface area contributed by atoms with Crippen LogP contribution in [-0.2, 0) is 26.7 Å². The van der Waals surface area contributed by atoms with Gasteiger partial charge in [-0.2, -0.15) is 4.31 Å². The summed E-state index contributed by atoms with van der Waals surface area (Å²) in [6, 6.07) is 16.3. The SMILES string of the molecule is CC(C)(C)c1ccc(S(=O)(=O)N2CCC(C(=O)N(C3CC3)C3CCc4ccccc43)CC2)cc1. The summed E-state index contributed by atoms with van der Waals surface area (Å²) in [7, 11) is -3.54. The zero-order valence-electron chi connectivity index (χ0n) is 20.5. The van der Waals surface area contributed by atoms with Crippen molar-refractivity contribution in [2.45, 2.75) is 81.7 Å². The Hall–Kier alpha value is -2.18. The van der Waals surface area contributed by atoms with Crippen molar-refractivity contribution < 1.29 is 13.2 Å². The van der Waals surface area contributed by atoms with Gasteiger partial charge in [-0.15, -0.1) is 0 Å². The topological polar surface area (TPSA) is 57.7 Å². The molecule has 1 saturated heterocycles. The van der Waals surface area contributed by atoms with Gasteiger partial charge >= 0.3 is 0 Å². The minimum Gasteiger partial charge on any atom is -0.332 e. The van der Waals surface area contributed by atoms with E-state index in [9.17, 15) is 13.2 Å². The van der Waals surface area contributed by atoms with Crippen molar-refractivity contribution in [2.75, 3.05) is 13.1 Å². The fourth-order valence-corrected chi connectivity index (χ4v) is 7.06. The second-order valence-corrected chi connectivity index (χ2v) is 13.1. The van der Waals surface area contributed by atoms with Crippen LogP contribution in [-0.4, -0.2) is 42.7 Å². The molecule has 6 heteroatoms. The molecule has 3 aliphatic rings. The standard InChI is InChI=1S/C28H36N2O3S/c1-28(2,3)22-9-13-24(14-10-22)34(32,33)29-18-16-21(17-19-29)27(31)30(23-11-12-23)26-15-8-20-6-4-5-7-25(20)26/h4-7,9-10,13-14,21,23,26H,8,11-12,15-19H2,1-3H3. The van der Waals surface area contributed by atoms with Crippen molar-refractivity contribution in [1.82, 2.24) is 9.21 Å². The number of benzene rings is 2. The van der Waals surface area contributed by atoms with Crippen molar-refractivity contribution in [1.29, 1.82) is 0 Å². The Balaban J connectivity index is 1.27. The lowest BCUT2D eigenvalue weighted by atomic mass is 9.87. The quantitative estimate of drug-likeness (QED) is 0.601. The van der Waals surface area contributed by atoms with Gasteiger partial charge in [0.05, 0.1) is 10.9 Å². The molecule has 5 nitrogen and oxygen atoms in total. The van der Waals surface area contributed by atoms with Gasteiger partial charge in [-0.1, -0.05) is 57.2 Å². The molecule has 0 aromatic heterocycles. The third-order valence-electron chi connectivity index (χ3n) is 7.79. The zero-order chi connectivity index (χ0) is 24.1. The number of hydrogen-bond acceptors (Lipinski definition) is 3. The number of rotatable bonds is 5. The van der Waals surface area contributed by atoms with Gasteiger partial charge in [0.25, 0.3) is 0 Å². The van der Waals surface area contributed by atoms with E-state index >= 15 is 0 Å². The summed E-state index contributed by atoms with van der Waals surface area (Å²) in [5.41, 5.74) is 3.77. The van der Waals surface area contributed by atoms with Gasteiger partial charge in [-0.3, -0.25) is 4.79 Å². The summed E-state index contributed by atoms with van der Waals surface area (Å²) in [6.45, 7) is 7.16. The van der Waals surface area contributed by atoms with Crippen molar-refractivity contribution >= 4 is 15.9 Å². The average molecular weight is 481 g/mol. The number of nitrogens with zero attached hydrogens (tertiary/aromatic N) is 2. The van der Waals surface area contributed by atoms with E-state index in [2.05, 4.69) is 49.9 Å². The molecule has 0 bridgehead atoms. The number of aryl methyl sites for hydroxylation is 1. The van der Waals surface area contributed by atoms with Crippen molar-refractivity contribution in [3.63, 3.8) is 0 Å². The first-order valence-electron chi connectivity index (χ1n) is 12.7. The highest BCUT2D eigenvalue weighted by molar-refractivity contribution is 7.89. The summed E-state index contributed by atoms with van der Waals surface area (Å²) >= 11 is 0. The Kier molecular flexibility index (Phi) is 6.09. The third kappa shape index (κ3) is 4.42. The molecule has 1 aliphatic heterocycles. The Bertz CT molecular complexity index is 1150. The highest BCUT2D eigenvalue weighted by atomic mass is 32.2. The van der Waals surface area contributed by atoms with Gasteiger partial charge in [0.1, 0.15) is 0 Å². The highest BCUT2D eigenvalue weighted by Crippen LogP contribution is 2.43. The monoisotopic (exact) mass is 480 g/mol.